The Morgan fingerprint density at radius 2 is 0.917 bits per heavy atom. The molecule has 0 spiro atoms. The zero-order valence-electron chi connectivity index (χ0n) is 12.9. The molecular formula is C20H16I2O2. The first-order chi connectivity index (χ1) is 11.7. The minimum absolute atomic E-state index is 0.526. The van der Waals surface area contributed by atoms with Gasteiger partial charge in [-0.2, -0.15) is 0 Å². The Labute approximate surface area is 169 Å². The van der Waals surface area contributed by atoms with E-state index in [1.165, 1.54) is 0 Å². The second-order valence-corrected chi connectivity index (χ2v) is 7.56. The summed E-state index contributed by atoms with van der Waals surface area (Å²) in [5.41, 5.74) is 2.28. The first-order valence-corrected chi connectivity index (χ1v) is 9.71. The summed E-state index contributed by atoms with van der Waals surface area (Å²) >= 11 is 4.58. The Morgan fingerprint density at radius 1 is 0.542 bits per heavy atom. The highest BCUT2D eigenvalue weighted by Gasteiger charge is 2.14. The smallest absolute Gasteiger partial charge is 0.176 e. The van der Waals surface area contributed by atoms with Gasteiger partial charge in [0.15, 0.2) is 11.5 Å². The molecule has 0 aliphatic heterocycles. The second kappa shape index (κ2) is 8.71. The Kier molecular flexibility index (Phi) is 6.37. The summed E-state index contributed by atoms with van der Waals surface area (Å²) in [5.74, 6) is 1.62. The normalized spacial score (nSPS) is 10.4. The molecule has 24 heavy (non-hydrogen) atoms. The van der Waals surface area contributed by atoms with Crippen LogP contribution in [-0.2, 0) is 13.2 Å². The molecule has 0 saturated heterocycles. The van der Waals surface area contributed by atoms with Crippen LogP contribution in [0.4, 0.5) is 0 Å². The van der Waals surface area contributed by atoms with Crippen molar-refractivity contribution in [2.45, 2.75) is 13.2 Å². The van der Waals surface area contributed by atoms with E-state index in [1.54, 1.807) is 0 Å². The van der Waals surface area contributed by atoms with Crippen molar-refractivity contribution in [1.29, 1.82) is 0 Å². The van der Waals surface area contributed by atoms with Gasteiger partial charge >= 0.3 is 0 Å². The monoisotopic (exact) mass is 542 g/mol. The third-order valence-electron chi connectivity index (χ3n) is 3.47. The third kappa shape index (κ3) is 4.63. The molecule has 3 rings (SSSR count). The van der Waals surface area contributed by atoms with E-state index in [0.29, 0.717) is 13.2 Å². The highest BCUT2D eigenvalue weighted by Crippen LogP contribution is 2.37. The van der Waals surface area contributed by atoms with E-state index in [0.717, 1.165) is 29.8 Å². The molecule has 122 valence electrons. The minimum atomic E-state index is 0.526. The van der Waals surface area contributed by atoms with Crippen molar-refractivity contribution in [2.24, 2.45) is 0 Å². The fourth-order valence-electron chi connectivity index (χ4n) is 2.24. The van der Waals surface area contributed by atoms with Crippen LogP contribution in [0.5, 0.6) is 11.5 Å². The van der Waals surface area contributed by atoms with E-state index in [-0.39, 0.29) is 0 Å². The SMILES string of the molecule is Ic1ccc(I)c(OCc2ccccc2)c1OCc1ccccc1. The zero-order chi connectivity index (χ0) is 16.8. The minimum Gasteiger partial charge on any atom is -0.484 e. The molecular weight excluding hydrogens is 526 g/mol. The Morgan fingerprint density at radius 3 is 1.29 bits per heavy atom. The average Bonchev–Trinajstić information content (AvgIpc) is 2.63. The summed E-state index contributed by atoms with van der Waals surface area (Å²) in [6, 6.07) is 24.4. The summed E-state index contributed by atoms with van der Waals surface area (Å²) in [4.78, 5) is 0. The van der Waals surface area contributed by atoms with Crippen molar-refractivity contribution in [1.82, 2.24) is 0 Å². The second-order valence-electron chi connectivity index (χ2n) is 5.24. The van der Waals surface area contributed by atoms with Crippen LogP contribution in [0.3, 0.4) is 0 Å². The van der Waals surface area contributed by atoms with Crippen LogP contribution in [0, 0.1) is 7.14 Å². The molecule has 0 heterocycles. The molecule has 0 aliphatic rings. The number of ether oxygens (including phenoxy) is 2. The fourth-order valence-corrected chi connectivity index (χ4v) is 3.40. The molecule has 0 atom stereocenters. The van der Waals surface area contributed by atoms with Crippen LogP contribution < -0.4 is 9.47 Å². The number of benzene rings is 3. The molecule has 0 unspecified atom stereocenters. The summed E-state index contributed by atoms with van der Waals surface area (Å²) in [6.45, 7) is 1.05. The lowest BCUT2D eigenvalue weighted by molar-refractivity contribution is 0.253. The molecule has 0 bridgehead atoms. The number of hydrogen-bond donors (Lipinski definition) is 0. The van der Waals surface area contributed by atoms with Gasteiger partial charge in [0.1, 0.15) is 13.2 Å². The largest absolute Gasteiger partial charge is 0.484 e. The molecule has 0 amide bonds. The lowest BCUT2D eigenvalue weighted by Gasteiger charge is -2.16. The van der Waals surface area contributed by atoms with E-state index >= 15 is 0 Å². The first kappa shape index (κ1) is 17.5. The van der Waals surface area contributed by atoms with Crippen molar-refractivity contribution < 1.29 is 9.47 Å². The van der Waals surface area contributed by atoms with Crippen LogP contribution in [-0.4, -0.2) is 0 Å². The van der Waals surface area contributed by atoms with Gasteiger partial charge in [0.05, 0.1) is 7.14 Å². The van der Waals surface area contributed by atoms with E-state index in [9.17, 15) is 0 Å². The van der Waals surface area contributed by atoms with Gasteiger partial charge in [-0.25, -0.2) is 0 Å². The maximum Gasteiger partial charge on any atom is 0.176 e. The van der Waals surface area contributed by atoms with E-state index in [2.05, 4.69) is 81.6 Å². The lowest BCUT2D eigenvalue weighted by atomic mass is 10.2. The van der Waals surface area contributed by atoms with Crippen LogP contribution in [0.25, 0.3) is 0 Å². The van der Waals surface area contributed by atoms with Gasteiger partial charge in [-0.3, -0.25) is 0 Å². The van der Waals surface area contributed by atoms with Gasteiger partial charge in [-0.15, -0.1) is 0 Å². The average molecular weight is 542 g/mol. The van der Waals surface area contributed by atoms with E-state index in [4.69, 9.17) is 9.47 Å². The van der Waals surface area contributed by atoms with Gasteiger partial charge in [-0.05, 0) is 68.4 Å². The highest BCUT2D eigenvalue weighted by molar-refractivity contribution is 14.1. The summed E-state index contributed by atoms with van der Waals surface area (Å²) < 4.78 is 14.3. The maximum atomic E-state index is 6.09. The predicted octanol–water partition coefficient (Wildman–Crippen LogP) is 6.05. The molecule has 0 saturated carbocycles. The molecule has 0 aliphatic carbocycles. The Balaban J connectivity index is 1.78. The van der Waals surface area contributed by atoms with Gasteiger partial charge in [0, 0.05) is 0 Å². The van der Waals surface area contributed by atoms with Crippen LogP contribution >= 0.6 is 45.2 Å². The highest BCUT2D eigenvalue weighted by atomic mass is 127. The molecule has 0 fully saturated rings. The first-order valence-electron chi connectivity index (χ1n) is 7.55. The van der Waals surface area contributed by atoms with Gasteiger partial charge in [0.2, 0.25) is 0 Å². The molecule has 4 heteroatoms. The van der Waals surface area contributed by atoms with Crippen molar-refractivity contribution in [3.63, 3.8) is 0 Å². The molecule has 0 N–H and O–H groups in total. The quantitative estimate of drug-likeness (QED) is 0.353. The molecule has 2 nitrogen and oxygen atoms in total. The number of rotatable bonds is 6. The molecule has 3 aromatic rings. The van der Waals surface area contributed by atoms with Gasteiger partial charge in [-0.1, -0.05) is 60.7 Å². The molecule has 3 aromatic carbocycles. The maximum absolute atomic E-state index is 6.09. The molecule has 0 radical (unpaired) electrons. The van der Waals surface area contributed by atoms with Crippen molar-refractivity contribution in [3.8, 4) is 11.5 Å². The summed E-state index contributed by atoms with van der Waals surface area (Å²) in [7, 11) is 0. The Hall–Kier alpha value is -1.28. The van der Waals surface area contributed by atoms with Gasteiger partial charge in [0.25, 0.3) is 0 Å². The van der Waals surface area contributed by atoms with E-state index in [1.807, 2.05) is 36.4 Å². The Bertz CT molecular complexity index is 721. The van der Waals surface area contributed by atoms with Crippen LogP contribution in [0.15, 0.2) is 72.8 Å². The zero-order valence-corrected chi connectivity index (χ0v) is 17.2. The van der Waals surface area contributed by atoms with Gasteiger partial charge < -0.3 is 9.47 Å². The summed E-state index contributed by atoms with van der Waals surface area (Å²) in [6.07, 6.45) is 0. The van der Waals surface area contributed by atoms with Crippen molar-refractivity contribution >= 4 is 45.2 Å². The van der Waals surface area contributed by atoms with Crippen molar-refractivity contribution in [3.05, 3.63) is 91.1 Å². The third-order valence-corrected chi connectivity index (χ3v) is 5.17. The fraction of sp³-hybridized carbons (Fsp3) is 0.100. The number of hydrogen-bond acceptors (Lipinski definition) is 2. The molecule has 0 aromatic heterocycles. The topological polar surface area (TPSA) is 18.5 Å². The van der Waals surface area contributed by atoms with Crippen molar-refractivity contribution in [2.75, 3.05) is 0 Å². The lowest BCUT2D eigenvalue weighted by Crippen LogP contribution is -2.03. The standard InChI is InChI=1S/C20H16I2O2/c21-17-11-12-18(22)20(24-14-16-9-5-2-6-10-16)19(17)23-13-15-7-3-1-4-8-15/h1-12H,13-14H2. The van der Waals surface area contributed by atoms with Crippen LogP contribution in [0.2, 0.25) is 0 Å². The predicted molar refractivity (Wildman–Crippen MR) is 113 cm³/mol. The number of halogens is 2. The summed E-state index contributed by atoms with van der Waals surface area (Å²) in [5, 5.41) is 0. The van der Waals surface area contributed by atoms with E-state index < -0.39 is 0 Å². The van der Waals surface area contributed by atoms with Crippen LogP contribution in [0.1, 0.15) is 11.1 Å².